The normalized spacial score (nSPS) is 24.9. The van der Waals surface area contributed by atoms with E-state index in [1.165, 1.54) is 0 Å². The van der Waals surface area contributed by atoms with Crippen LogP contribution in [0.25, 0.3) is 0 Å². The summed E-state index contributed by atoms with van der Waals surface area (Å²) in [6.45, 7) is 0. The maximum absolute atomic E-state index is 12.0. The summed E-state index contributed by atoms with van der Waals surface area (Å²) in [7, 11) is -3.24. The third-order valence-corrected chi connectivity index (χ3v) is 4.72. The van der Waals surface area contributed by atoms with Crippen LogP contribution in [0.15, 0.2) is 30.3 Å². The van der Waals surface area contributed by atoms with Crippen molar-refractivity contribution in [3.63, 3.8) is 0 Å². The van der Waals surface area contributed by atoms with Crippen LogP contribution in [0.2, 0.25) is 0 Å². The fourth-order valence-corrected chi connectivity index (χ4v) is 3.78. The minimum absolute atomic E-state index is 0.0520. The molecule has 0 unspecified atom stereocenters. The Balaban J connectivity index is 1.92. The summed E-state index contributed by atoms with van der Waals surface area (Å²) in [5.74, 6) is 0.0520. The summed E-state index contributed by atoms with van der Waals surface area (Å²) in [5.41, 5.74) is 6.62. The van der Waals surface area contributed by atoms with Crippen molar-refractivity contribution in [2.75, 3.05) is 0 Å². The van der Waals surface area contributed by atoms with Gasteiger partial charge in [0.05, 0.1) is 5.75 Å². The second-order valence-corrected chi connectivity index (χ2v) is 6.73. The van der Waals surface area contributed by atoms with E-state index in [2.05, 4.69) is 4.72 Å². The third kappa shape index (κ3) is 4.08. The Morgan fingerprint density at radius 2 is 1.72 bits per heavy atom. The average Bonchev–Trinajstić information content (AvgIpc) is 2.32. The molecule has 0 radical (unpaired) electrons. The van der Waals surface area contributed by atoms with Gasteiger partial charge in [-0.15, -0.1) is 0 Å². The highest BCUT2D eigenvalue weighted by Gasteiger charge is 2.23. The molecule has 0 heterocycles. The molecule has 1 aromatic carbocycles. The monoisotopic (exact) mass is 268 g/mol. The number of rotatable bonds is 4. The molecule has 1 fully saturated rings. The minimum Gasteiger partial charge on any atom is -0.328 e. The van der Waals surface area contributed by atoms with E-state index < -0.39 is 10.0 Å². The molecule has 18 heavy (non-hydrogen) atoms. The smallest absolute Gasteiger partial charge is 0.216 e. The quantitative estimate of drug-likeness (QED) is 0.866. The third-order valence-electron chi connectivity index (χ3n) is 3.32. The van der Waals surface area contributed by atoms with Gasteiger partial charge in [-0.05, 0) is 31.2 Å². The van der Waals surface area contributed by atoms with E-state index in [0.29, 0.717) is 0 Å². The molecule has 0 saturated heterocycles. The van der Waals surface area contributed by atoms with Gasteiger partial charge >= 0.3 is 0 Å². The van der Waals surface area contributed by atoms with Crippen LogP contribution in [0.5, 0.6) is 0 Å². The second-order valence-electron chi connectivity index (χ2n) is 4.97. The van der Waals surface area contributed by atoms with E-state index >= 15 is 0 Å². The van der Waals surface area contributed by atoms with Crippen molar-refractivity contribution in [3.05, 3.63) is 35.9 Å². The van der Waals surface area contributed by atoms with Crippen molar-refractivity contribution < 1.29 is 8.42 Å². The van der Waals surface area contributed by atoms with Crippen molar-refractivity contribution in [3.8, 4) is 0 Å². The maximum Gasteiger partial charge on any atom is 0.216 e. The standard InChI is InChI=1S/C13H20N2O2S/c14-12-6-8-13(9-7-12)15-18(16,17)10-11-4-2-1-3-5-11/h1-5,12-13,15H,6-10,14H2/t12-,13-. The number of nitrogens with two attached hydrogens (primary N) is 1. The van der Waals surface area contributed by atoms with Gasteiger partial charge in [0.15, 0.2) is 0 Å². The maximum atomic E-state index is 12.0. The zero-order valence-corrected chi connectivity index (χ0v) is 11.2. The fourth-order valence-electron chi connectivity index (χ4n) is 2.33. The lowest BCUT2D eigenvalue weighted by molar-refractivity contribution is 0.373. The van der Waals surface area contributed by atoms with Crippen LogP contribution in [-0.4, -0.2) is 20.5 Å². The molecule has 0 amide bonds. The number of sulfonamides is 1. The van der Waals surface area contributed by atoms with Crippen LogP contribution in [0, 0.1) is 0 Å². The summed E-state index contributed by atoms with van der Waals surface area (Å²) in [6, 6.07) is 9.53. The van der Waals surface area contributed by atoms with E-state index in [0.717, 1.165) is 31.2 Å². The van der Waals surface area contributed by atoms with Crippen LogP contribution in [0.4, 0.5) is 0 Å². The Labute approximate surface area is 109 Å². The van der Waals surface area contributed by atoms with Gasteiger partial charge in [-0.3, -0.25) is 0 Å². The van der Waals surface area contributed by atoms with E-state index in [9.17, 15) is 8.42 Å². The van der Waals surface area contributed by atoms with Gasteiger partial charge in [-0.2, -0.15) is 0 Å². The second kappa shape index (κ2) is 5.82. The first-order valence-electron chi connectivity index (χ1n) is 6.35. The van der Waals surface area contributed by atoms with Gasteiger partial charge in [0, 0.05) is 12.1 Å². The predicted octanol–water partition coefficient (Wildman–Crippen LogP) is 1.38. The topological polar surface area (TPSA) is 72.2 Å². The number of nitrogens with one attached hydrogen (secondary N) is 1. The van der Waals surface area contributed by atoms with Crippen LogP contribution in [0.3, 0.4) is 0 Å². The van der Waals surface area contributed by atoms with Crippen LogP contribution in [0.1, 0.15) is 31.2 Å². The Hall–Kier alpha value is -0.910. The van der Waals surface area contributed by atoms with Gasteiger partial charge in [-0.25, -0.2) is 13.1 Å². The summed E-state index contributed by atoms with van der Waals surface area (Å²) >= 11 is 0. The lowest BCUT2D eigenvalue weighted by Crippen LogP contribution is -2.40. The first-order chi connectivity index (χ1) is 8.55. The van der Waals surface area contributed by atoms with Crippen molar-refractivity contribution in [2.24, 2.45) is 5.73 Å². The van der Waals surface area contributed by atoms with E-state index in [1.54, 1.807) is 0 Å². The highest BCUT2D eigenvalue weighted by Crippen LogP contribution is 2.18. The molecule has 1 aliphatic rings. The molecule has 100 valence electrons. The minimum atomic E-state index is -3.24. The molecule has 0 bridgehead atoms. The molecular formula is C13H20N2O2S. The average molecular weight is 268 g/mol. The molecule has 0 aliphatic heterocycles. The summed E-state index contributed by atoms with van der Waals surface area (Å²) in [6.07, 6.45) is 3.49. The molecular weight excluding hydrogens is 248 g/mol. The van der Waals surface area contributed by atoms with Crippen LogP contribution >= 0.6 is 0 Å². The zero-order valence-electron chi connectivity index (χ0n) is 10.4. The van der Waals surface area contributed by atoms with Crippen molar-refractivity contribution in [1.29, 1.82) is 0 Å². The van der Waals surface area contributed by atoms with E-state index in [-0.39, 0.29) is 17.8 Å². The first kappa shape index (κ1) is 13.5. The molecule has 2 rings (SSSR count). The molecule has 0 atom stereocenters. The zero-order chi connectivity index (χ0) is 13.0. The van der Waals surface area contributed by atoms with Gasteiger partial charge in [0.2, 0.25) is 10.0 Å². The van der Waals surface area contributed by atoms with Gasteiger partial charge in [0.1, 0.15) is 0 Å². The highest BCUT2D eigenvalue weighted by molar-refractivity contribution is 7.88. The first-order valence-corrected chi connectivity index (χ1v) is 8.00. The highest BCUT2D eigenvalue weighted by atomic mass is 32.2. The van der Waals surface area contributed by atoms with Gasteiger partial charge in [-0.1, -0.05) is 30.3 Å². The summed E-state index contributed by atoms with van der Waals surface area (Å²) in [5, 5.41) is 0. The molecule has 4 nitrogen and oxygen atoms in total. The molecule has 0 spiro atoms. The Kier molecular flexibility index (Phi) is 4.37. The van der Waals surface area contributed by atoms with Crippen LogP contribution in [-0.2, 0) is 15.8 Å². The van der Waals surface area contributed by atoms with Crippen molar-refractivity contribution >= 4 is 10.0 Å². The molecule has 1 aliphatic carbocycles. The molecule has 3 N–H and O–H groups in total. The predicted molar refractivity (Wildman–Crippen MR) is 72.4 cm³/mol. The molecule has 0 aromatic heterocycles. The van der Waals surface area contributed by atoms with Gasteiger partial charge in [0.25, 0.3) is 0 Å². The van der Waals surface area contributed by atoms with Gasteiger partial charge < -0.3 is 5.73 Å². The van der Waals surface area contributed by atoms with E-state index in [4.69, 9.17) is 5.73 Å². The summed E-state index contributed by atoms with van der Waals surface area (Å²) < 4.78 is 26.8. The number of hydrogen-bond acceptors (Lipinski definition) is 3. The van der Waals surface area contributed by atoms with Crippen LogP contribution < -0.4 is 10.5 Å². The Morgan fingerprint density at radius 3 is 2.33 bits per heavy atom. The molecule has 5 heteroatoms. The lowest BCUT2D eigenvalue weighted by atomic mass is 9.93. The molecule has 1 aromatic rings. The summed E-state index contributed by atoms with van der Waals surface area (Å²) in [4.78, 5) is 0. The van der Waals surface area contributed by atoms with Crippen molar-refractivity contribution in [1.82, 2.24) is 4.72 Å². The van der Waals surface area contributed by atoms with Crippen molar-refractivity contribution in [2.45, 2.75) is 43.5 Å². The largest absolute Gasteiger partial charge is 0.328 e. The van der Waals surface area contributed by atoms with E-state index in [1.807, 2.05) is 30.3 Å². The molecule has 1 saturated carbocycles. The SMILES string of the molecule is N[C@H]1CC[C@H](NS(=O)(=O)Cc2ccccc2)CC1. The Bertz CT molecular complexity index is 465. The fraction of sp³-hybridized carbons (Fsp3) is 0.538. The Morgan fingerprint density at radius 1 is 1.11 bits per heavy atom. The lowest BCUT2D eigenvalue weighted by Gasteiger charge is -2.26. The number of benzene rings is 1. The number of hydrogen-bond donors (Lipinski definition) is 2.